The summed E-state index contributed by atoms with van der Waals surface area (Å²) in [5.41, 5.74) is 7.95. The second-order valence-electron chi connectivity index (χ2n) is 9.33. The molecule has 1 heterocycles. The monoisotopic (exact) mass is 558 g/mol. The molecular formula is C31H34N4O4S. The second-order valence-corrected chi connectivity index (χ2v) is 10.2. The fourth-order valence-electron chi connectivity index (χ4n) is 4.38. The van der Waals surface area contributed by atoms with Crippen molar-refractivity contribution >= 4 is 27.3 Å². The Hall–Kier alpha value is -4.07. The van der Waals surface area contributed by atoms with Crippen molar-refractivity contribution in [3.05, 3.63) is 82.7 Å². The van der Waals surface area contributed by atoms with E-state index in [1.54, 1.807) is 18.3 Å². The summed E-state index contributed by atoms with van der Waals surface area (Å²) in [5, 5.41) is 25.6. The third kappa shape index (κ3) is 7.11. The number of fused-ring (bicyclic) bond motifs is 1. The van der Waals surface area contributed by atoms with Crippen molar-refractivity contribution in [1.82, 2.24) is 5.43 Å². The van der Waals surface area contributed by atoms with E-state index in [-0.39, 0.29) is 19.1 Å². The van der Waals surface area contributed by atoms with Gasteiger partial charge in [-0.3, -0.25) is 0 Å². The first-order valence-corrected chi connectivity index (χ1v) is 13.7. The number of hydrazone groups is 1. The largest absolute Gasteiger partial charge is 0.491 e. The van der Waals surface area contributed by atoms with Crippen molar-refractivity contribution in [2.45, 2.75) is 38.9 Å². The highest BCUT2D eigenvalue weighted by molar-refractivity contribution is 7.17. The molecular weight excluding hydrogens is 524 g/mol. The number of aliphatic hydroxyl groups is 2. The third-order valence-corrected chi connectivity index (χ3v) is 7.47. The first-order chi connectivity index (χ1) is 19.4. The first kappa shape index (κ1) is 28.9. The van der Waals surface area contributed by atoms with Gasteiger partial charge in [0.1, 0.15) is 36.7 Å². The topological polar surface area (TPSA) is 135 Å². The van der Waals surface area contributed by atoms with Gasteiger partial charge in [-0.1, -0.05) is 30.2 Å². The van der Waals surface area contributed by atoms with Gasteiger partial charge in [0.25, 0.3) is 0 Å². The Morgan fingerprint density at radius 1 is 1.05 bits per heavy atom. The summed E-state index contributed by atoms with van der Waals surface area (Å²) < 4.78 is 12.9. The molecule has 3 aromatic carbocycles. The number of benzene rings is 3. The summed E-state index contributed by atoms with van der Waals surface area (Å²) in [6.07, 6.45) is -0.413. The zero-order valence-corrected chi connectivity index (χ0v) is 23.4. The van der Waals surface area contributed by atoms with Gasteiger partial charge in [-0.15, -0.1) is 17.3 Å². The lowest BCUT2D eigenvalue weighted by atomic mass is 9.95. The normalized spacial score (nSPS) is 12.9. The number of aryl methyl sites for hydroxylation is 1. The van der Waals surface area contributed by atoms with Gasteiger partial charge in [0.15, 0.2) is 0 Å². The van der Waals surface area contributed by atoms with Crippen molar-refractivity contribution in [1.29, 1.82) is 0 Å². The Morgan fingerprint density at radius 3 is 2.50 bits per heavy atom. The van der Waals surface area contributed by atoms with Crippen LogP contribution in [-0.4, -0.2) is 35.4 Å². The molecule has 1 aromatic heterocycles. The number of rotatable bonds is 11. The van der Waals surface area contributed by atoms with E-state index in [2.05, 4.69) is 45.9 Å². The van der Waals surface area contributed by atoms with Gasteiger partial charge in [-0.25, -0.2) is 5.84 Å². The molecule has 8 nitrogen and oxygen atoms in total. The molecule has 7 N–H and O–H groups in total. The SMILES string of the molecule is CC#CC(C/C(=N/N)NN)c1ccc(OCc2ccc3scc(-c4ccc(OCC(O)CO)cc4C)c3c2)cc1. The van der Waals surface area contributed by atoms with Crippen LogP contribution in [0.15, 0.2) is 71.1 Å². The zero-order valence-electron chi connectivity index (χ0n) is 22.6. The summed E-state index contributed by atoms with van der Waals surface area (Å²) in [7, 11) is 0. The van der Waals surface area contributed by atoms with Gasteiger partial charge in [-0.05, 0) is 77.9 Å². The molecule has 0 aliphatic heterocycles. The molecule has 0 amide bonds. The average Bonchev–Trinajstić information content (AvgIpc) is 3.40. The minimum absolute atomic E-state index is 0.0476. The van der Waals surface area contributed by atoms with E-state index in [0.29, 0.717) is 24.6 Å². The highest BCUT2D eigenvalue weighted by Gasteiger charge is 2.14. The predicted molar refractivity (Wildman–Crippen MR) is 161 cm³/mol. The van der Waals surface area contributed by atoms with Crippen LogP contribution < -0.4 is 26.6 Å². The van der Waals surface area contributed by atoms with Crippen LogP contribution in [0.1, 0.15) is 36.0 Å². The summed E-state index contributed by atoms with van der Waals surface area (Å²) in [6.45, 7) is 3.99. The Balaban J connectivity index is 1.47. The van der Waals surface area contributed by atoms with Gasteiger partial charge in [0.2, 0.25) is 0 Å². The van der Waals surface area contributed by atoms with Crippen molar-refractivity contribution < 1.29 is 19.7 Å². The number of nitrogens with zero attached hydrogens (tertiary/aromatic N) is 1. The standard InChI is InChI=1S/C31H34N4O4S/c1-3-4-23(15-31(34-32)35-33)22-6-8-25(9-7-22)38-17-21-5-12-30-28(14-21)29(19-40-30)27-11-10-26(13-20(27)2)39-18-24(37)16-36/h5-14,19,23-24,36-37H,15-18,32-33H2,1-2H3,(H,34,35). The minimum Gasteiger partial charge on any atom is -0.491 e. The molecule has 4 rings (SSSR count). The summed E-state index contributed by atoms with van der Waals surface area (Å²) in [4.78, 5) is 0. The fourth-order valence-corrected chi connectivity index (χ4v) is 5.32. The van der Waals surface area contributed by atoms with Crippen LogP contribution in [0.4, 0.5) is 0 Å². The molecule has 0 bridgehead atoms. The summed E-state index contributed by atoms with van der Waals surface area (Å²) in [6, 6.07) is 20.1. The molecule has 40 heavy (non-hydrogen) atoms. The number of aliphatic hydroxyl groups excluding tert-OH is 2. The summed E-state index contributed by atoms with van der Waals surface area (Å²) in [5.74, 6) is 18.8. The van der Waals surface area contributed by atoms with Crippen molar-refractivity contribution in [2.75, 3.05) is 13.2 Å². The highest BCUT2D eigenvalue weighted by atomic mass is 32.1. The molecule has 2 unspecified atom stereocenters. The van der Waals surface area contributed by atoms with Gasteiger partial charge in [-0.2, -0.15) is 5.10 Å². The van der Waals surface area contributed by atoms with E-state index in [1.165, 1.54) is 10.1 Å². The van der Waals surface area contributed by atoms with Crippen LogP contribution in [0.5, 0.6) is 11.5 Å². The maximum absolute atomic E-state index is 9.55. The van der Waals surface area contributed by atoms with Crippen molar-refractivity contribution in [3.63, 3.8) is 0 Å². The third-order valence-electron chi connectivity index (χ3n) is 6.51. The minimum atomic E-state index is -0.898. The lowest BCUT2D eigenvalue weighted by Gasteiger charge is -2.14. The molecule has 4 aromatic rings. The molecule has 0 spiro atoms. The quantitative estimate of drug-likeness (QED) is 0.0605. The van der Waals surface area contributed by atoms with Crippen LogP contribution in [-0.2, 0) is 6.61 Å². The molecule has 0 saturated heterocycles. The van der Waals surface area contributed by atoms with Gasteiger partial charge >= 0.3 is 0 Å². The highest BCUT2D eigenvalue weighted by Crippen LogP contribution is 2.37. The van der Waals surface area contributed by atoms with E-state index in [4.69, 9.17) is 26.3 Å². The first-order valence-electron chi connectivity index (χ1n) is 12.9. The molecule has 0 aliphatic rings. The fraction of sp³-hybridized carbons (Fsp3) is 0.258. The maximum Gasteiger partial charge on any atom is 0.137 e. The van der Waals surface area contributed by atoms with Crippen LogP contribution in [0.25, 0.3) is 21.2 Å². The molecule has 0 radical (unpaired) electrons. The van der Waals surface area contributed by atoms with Gasteiger partial charge < -0.3 is 31.0 Å². The van der Waals surface area contributed by atoms with E-state index >= 15 is 0 Å². The lowest BCUT2D eigenvalue weighted by Crippen LogP contribution is -2.32. The predicted octanol–water partition coefficient (Wildman–Crippen LogP) is 4.42. The van der Waals surface area contributed by atoms with E-state index in [0.717, 1.165) is 33.6 Å². The Labute approximate surface area is 238 Å². The Bertz CT molecular complexity index is 1520. The molecule has 0 fully saturated rings. The number of ether oxygens (including phenoxy) is 2. The second kappa shape index (κ2) is 13.8. The molecule has 9 heteroatoms. The molecule has 0 saturated carbocycles. The van der Waals surface area contributed by atoms with Crippen molar-refractivity contribution in [3.8, 4) is 34.5 Å². The summed E-state index contributed by atoms with van der Waals surface area (Å²) >= 11 is 1.70. The number of amidine groups is 1. The number of thiophene rings is 1. The van der Waals surface area contributed by atoms with Gasteiger partial charge in [0, 0.05) is 22.1 Å². The van der Waals surface area contributed by atoms with E-state index in [1.807, 2.05) is 49.4 Å². The molecule has 208 valence electrons. The molecule has 0 aliphatic carbocycles. The van der Waals surface area contributed by atoms with E-state index in [9.17, 15) is 5.11 Å². The number of hydrazine groups is 1. The number of hydrogen-bond acceptors (Lipinski definition) is 8. The molecule has 2 atom stereocenters. The smallest absolute Gasteiger partial charge is 0.137 e. The number of nitrogens with one attached hydrogen (secondary N) is 1. The van der Waals surface area contributed by atoms with Crippen molar-refractivity contribution in [2.24, 2.45) is 16.8 Å². The Morgan fingerprint density at radius 2 is 1.82 bits per heavy atom. The number of nitrogens with two attached hydrogens (primary N) is 2. The maximum atomic E-state index is 9.55. The van der Waals surface area contributed by atoms with Crippen LogP contribution in [0.2, 0.25) is 0 Å². The number of hydrogen-bond donors (Lipinski definition) is 5. The van der Waals surface area contributed by atoms with Crippen LogP contribution in [0.3, 0.4) is 0 Å². The average molecular weight is 559 g/mol. The lowest BCUT2D eigenvalue weighted by molar-refractivity contribution is 0.0536. The Kier molecular flexibility index (Phi) is 10.00. The van der Waals surface area contributed by atoms with Crippen LogP contribution in [0, 0.1) is 18.8 Å². The van der Waals surface area contributed by atoms with Crippen LogP contribution >= 0.6 is 11.3 Å². The van der Waals surface area contributed by atoms with E-state index < -0.39 is 6.10 Å². The zero-order chi connectivity index (χ0) is 28.5. The van der Waals surface area contributed by atoms with Gasteiger partial charge in [0.05, 0.1) is 12.5 Å².